The van der Waals surface area contributed by atoms with Gasteiger partial charge in [0.15, 0.2) is 0 Å². The molecule has 0 bridgehead atoms. The zero-order chi connectivity index (χ0) is 16.0. The molecule has 0 unspecified atom stereocenters. The second kappa shape index (κ2) is 6.80. The Kier molecular flexibility index (Phi) is 5.13. The van der Waals surface area contributed by atoms with Crippen molar-refractivity contribution in [1.82, 2.24) is 9.88 Å². The zero-order valence-electron chi connectivity index (χ0n) is 11.0. The maximum atomic E-state index is 11.9. The number of allylic oxidation sites excluding steroid dienone is 1. The highest BCUT2D eigenvalue weighted by Crippen LogP contribution is 2.02. The minimum absolute atomic E-state index is 0.0601. The van der Waals surface area contributed by atoms with E-state index in [-0.39, 0.29) is 22.3 Å². The summed E-state index contributed by atoms with van der Waals surface area (Å²) in [6.07, 6.45) is 3.86. The van der Waals surface area contributed by atoms with Crippen molar-refractivity contribution in [2.75, 3.05) is 0 Å². The van der Waals surface area contributed by atoms with E-state index in [1.807, 2.05) is 0 Å². The Bertz CT molecular complexity index is 713. The number of nitrogens with one attached hydrogen (secondary N) is 2. The number of hydrogen-bond acceptors (Lipinski definition) is 4. The van der Waals surface area contributed by atoms with Gasteiger partial charge in [0.2, 0.25) is 6.41 Å². The summed E-state index contributed by atoms with van der Waals surface area (Å²) in [6, 6.07) is 2.65. The van der Waals surface area contributed by atoms with Crippen molar-refractivity contribution in [1.29, 1.82) is 5.41 Å². The van der Waals surface area contributed by atoms with E-state index in [4.69, 9.17) is 10.5 Å². The minimum Gasteiger partial charge on any atom is -0.478 e. The Labute approximate surface area is 120 Å². The van der Waals surface area contributed by atoms with Gasteiger partial charge in [-0.1, -0.05) is 19.2 Å². The monoisotopic (exact) mass is 287 g/mol. The third-order valence-corrected chi connectivity index (χ3v) is 2.42. The minimum atomic E-state index is -1.20. The Morgan fingerprint density at radius 3 is 2.57 bits per heavy atom. The molecule has 1 rings (SSSR count). The van der Waals surface area contributed by atoms with E-state index in [0.29, 0.717) is 6.41 Å². The number of carbonyl (C=O) groups excluding carboxylic acids is 2. The predicted octanol–water partition coefficient (Wildman–Crippen LogP) is 0.446. The summed E-state index contributed by atoms with van der Waals surface area (Å²) in [5, 5.41) is 18.6. The van der Waals surface area contributed by atoms with Gasteiger partial charge in [-0.3, -0.25) is 19.6 Å². The van der Waals surface area contributed by atoms with Gasteiger partial charge in [-0.15, -0.1) is 0 Å². The Morgan fingerprint density at radius 2 is 2.05 bits per heavy atom. The maximum Gasteiger partial charge on any atom is 0.335 e. The fourth-order valence-electron chi connectivity index (χ4n) is 1.39. The van der Waals surface area contributed by atoms with Crippen LogP contribution in [0.3, 0.4) is 0 Å². The van der Waals surface area contributed by atoms with Crippen LogP contribution in [0.5, 0.6) is 0 Å². The van der Waals surface area contributed by atoms with E-state index >= 15 is 0 Å². The standard InChI is InChI=1S/C14H13N3O4/c1-3-10(14(20)21)6-9(2)16-13(19)11-4-5-12(15)17(7-11)8-18/h3-8,15H,1-2H2,(H,16,19)(H,20,21)/b10-6+,15-12?. The Balaban J connectivity index is 2.94. The average Bonchev–Trinajstić information content (AvgIpc) is 2.44. The van der Waals surface area contributed by atoms with Crippen LogP contribution in [-0.4, -0.2) is 28.0 Å². The number of aliphatic carboxylic acids is 1. The van der Waals surface area contributed by atoms with Crippen molar-refractivity contribution >= 4 is 18.3 Å². The fraction of sp³-hybridized carbons (Fsp3) is 0. The summed E-state index contributed by atoms with van der Waals surface area (Å²) in [6.45, 7) is 6.86. The summed E-state index contributed by atoms with van der Waals surface area (Å²) < 4.78 is 0.930. The van der Waals surface area contributed by atoms with Crippen molar-refractivity contribution in [3.8, 4) is 0 Å². The maximum absolute atomic E-state index is 11.9. The smallest absolute Gasteiger partial charge is 0.335 e. The molecule has 1 aromatic heterocycles. The molecule has 0 aliphatic rings. The second-order valence-electron chi connectivity index (χ2n) is 3.90. The van der Waals surface area contributed by atoms with Crippen LogP contribution in [0, 0.1) is 5.41 Å². The molecule has 1 amide bonds. The van der Waals surface area contributed by atoms with Crippen LogP contribution in [0.15, 0.2) is 54.9 Å². The van der Waals surface area contributed by atoms with Crippen LogP contribution >= 0.6 is 0 Å². The normalized spacial score (nSPS) is 10.6. The van der Waals surface area contributed by atoms with Gasteiger partial charge in [0.25, 0.3) is 5.91 Å². The van der Waals surface area contributed by atoms with Gasteiger partial charge in [-0.05, 0) is 18.2 Å². The van der Waals surface area contributed by atoms with Gasteiger partial charge in [-0.2, -0.15) is 0 Å². The van der Waals surface area contributed by atoms with Crippen LogP contribution in [0.1, 0.15) is 10.4 Å². The highest BCUT2D eigenvalue weighted by molar-refractivity contribution is 5.96. The fourth-order valence-corrected chi connectivity index (χ4v) is 1.39. The molecule has 0 saturated heterocycles. The van der Waals surface area contributed by atoms with Gasteiger partial charge in [0, 0.05) is 11.9 Å². The predicted molar refractivity (Wildman–Crippen MR) is 75.0 cm³/mol. The first-order chi connectivity index (χ1) is 9.88. The zero-order valence-corrected chi connectivity index (χ0v) is 11.0. The van der Waals surface area contributed by atoms with E-state index in [9.17, 15) is 14.4 Å². The number of hydrogen-bond donors (Lipinski definition) is 3. The largest absolute Gasteiger partial charge is 0.478 e. The van der Waals surface area contributed by atoms with Crippen LogP contribution in [0.4, 0.5) is 0 Å². The SMILES string of the molecule is C=C/C(=C\C(=C)NC(=O)c1ccc(=N)n(C=O)c1)C(=O)O. The van der Waals surface area contributed by atoms with Crippen molar-refractivity contribution in [3.05, 3.63) is 66.0 Å². The van der Waals surface area contributed by atoms with Crippen molar-refractivity contribution in [3.63, 3.8) is 0 Å². The number of amides is 1. The average molecular weight is 287 g/mol. The quantitative estimate of drug-likeness (QED) is 0.400. The van der Waals surface area contributed by atoms with Crippen LogP contribution in [0.25, 0.3) is 0 Å². The number of carboxylic acid groups (broad SMARTS) is 1. The molecule has 0 aromatic carbocycles. The summed E-state index contributed by atoms with van der Waals surface area (Å²) in [4.78, 5) is 33.4. The first-order valence-electron chi connectivity index (χ1n) is 5.68. The Hall–Kier alpha value is -3.22. The summed E-state index contributed by atoms with van der Waals surface area (Å²) >= 11 is 0. The molecule has 1 aromatic rings. The highest BCUT2D eigenvalue weighted by atomic mass is 16.4. The number of nitrogens with zero attached hydrogens (tertiary/aromatic N) is 1. The second-order valence-corrected chi connectivity index (χ2v) is 3.90. The molecule has 21 heavy (non-hydrogen) atoms. The van der Waals surface area contributed by atoms with Crippen molar-refractivity contribution < 1.29 is 19.5 Å². The summed E-state index contributed by atoms with van der Waals surface area (Å²) in [5.41, 5.74) is -0.00196. The van der Waals surface area contributed by atoms with E-state index in [0.717, 1.165) is 16.7 Å². The number of pyridine rings is 1. The lowest BCUT2D eigenvalue weighted by atomic mass is 10.2. The van der Waals surface area contributed by atoms with Gasteiger partial charge in [-0.25, -0.2) is 4.79 Å². The molecule has 7 nitrogen and oxygen atoms in total. The molecule has 1 heterocycles. The number of aromatic nitrogens is 1. The summed E-state index contributed by atoms with van der Waals surface area (Å²) in [7, 11) is 0. The van der Waals surface area contributed by atoms with Crippen LogP contribution in [-0.2, 0) is 9.59 Å². The molecule has 0 atom stereocenters. The third kappa shape index (κ3) is 4.13. The molecule has 0 saturated carbocycles. The van der Waals surface area contributed by atoms with E-state index in [2.05, 4.69) is 18.5 Å². The summed E-state index contributed by atoms with van der Waals surface area (Å²) in [5.74, 6) is -1.78. The lowest BCUT2D eigenvalue weighted by Gasteiger charge is -2.06. The lowest BCUT2D eigenvalue weighted by Crippen LogP contribution is -2.25. The van der Waals surface area contributed by atoms with Crippen molar-refractivity contribution in [2.45, 2.75) is 0 Å². The topological polar surface area (TPSA) is 112 Å². The van der Waals surface area contributed by atoms with Gasteiger partial charge < -0.3 is 10.4 Å². The molecule has 7 heteroatoms. The van der Waals surface area contributed by atoms with E-state index in [1.54, 1.807) is 0 Å². The molecule has 0 aliphatic heterocycles. The molecular formula is C14H13N3O4. The van der Waals surface area contributed by atoms with Crippen molar-refractivity contribution in [2.24, 2.45) is 0 Å². The van der Waals surface area contributed by atoms with E-state index in [1.165, 1.54) is 18.3 Å². The Morgan fingerprint density at radius 1 is 1.38 bits per heavy atom. The molecule has 3 N–H and O–H groups in total. The van der Waals surface area contributed by atoms with Crippen LogP contribution < -0.4 is 10.8 Å². The van der Waals surface area contributed by atoms with Gasteiger partial charge in [0.05, 0.1) is 11.1 Å². The first-order valence-corrected chi connectivity index (χ1v) is 5.68. The molecule has 108 valence electrons. The first kappa shape index (κ1) is 15.8. The van der Waals surface area contributed by atoms with Crippen LogP contribution in [0.2, 0.25) is 0 Å². The molecule has 0 fully saturated rings. The van der Waals surface area contributed by atoms with Gasteiger partial charge in [0.1, 0.15) is 5.49 Å². The highest BCUT2D eigenvalue weighted by Gasteiger charge is 2.09. The third-order valence-electron chi connectivity index (χ3n) is 2.42. The molecule has 0 aliphatic carbocycles. The number of carbonyl (C=O) groups is 3. The molecular weight excluding hydrogens is 274 g/mol. The molecule has 0 radical (unpaired) electrons. The number of carboxylic acids is 1. The van der Waals surface area contributed by atoms with E-state index < -0.39 is 11.9 Å². The lowest BCUT2D eigenvalue weighted by molar-refractivity contribution is -0.132. The van der Waals surface area contributed by atoms with Gasteiger partial charge >= 0.3 is 5.97 Å². The molecule has 0 spiro atoms. The number of rotatable bonds is 6.